The Morgan fingerprint density at radius 3 is 2.71 bits per heavy atom. The smallest absolute Gasteiger partial charge is 0.130 e. The zero-order valence-electron chi connectivity index (χ0n) is 11.9. The minimum absolute atomic E-state index is 0.195. The minimum Gasteiger partial charge on any atom is -0.487 e. The van der Waals surface area contributed by atoms with Gasteiger partial charge < -0.3 is 9.84 Å². The Labute approximate surface area is 128 Å². The van der Waals surface area contributed by atoms with Gasteiger partial charge in [-0.2, -0.15) is 0 Å². The topological polar surface area (TPSA) is 29.5 Å². The standard InChI is InChI=1S/C17H16ClFO2/c1-17(2)9-10-4-3-5-13(16(10)21-17)15(20)12-7-6-11(18)8-14(12)19/h3-8,15,20H,9H2,1-2H3. The van der Waals surface area contributed by atoms with Crippen LogP contribution in [-0.4, -0.2) is 10.7 Å². The summed E-state index contributed by atoms with van der Waals surface area (Å²) in [6.07, 6.45) is -0.308. The first-order valence-electron chi connectivity index (χ1n) is 6.81. The lowest BCUT2D eigenvalue weighted by Crippen LogP contribution is -2.25. The summed E-state index contributed by atoms with van der Waals surface area (Å²) in [6, 6.07) is 9.86. The number of rotatable bonds is 2. The van der Waals surface area contributed by atoms with Crippen molar-refractivity contribution in [3.63, 3.8) is 0 Å². The summed E-state index contributed by atoms with van der Waals surface area (Å²) in [4.78, 5) is 0. The molecule has 1 unspecified atom stereocenters. The molecule has 2 nitrogen and oxygen atoms in total. The third-order valence-corrected chi connectivity index (χ3v) is 3.91. The quantitative estimate of drug-likeness (QED) is 0.897. The molecule has 1 N–H and O–H groups in total. The van der Waals surface area contributed by atoms with Crippen LogP contribution in [0.1, 0.15) is 36.6 Å². The molecular weight excluding hydrogens is 291 g/mol. The van der Waals surface area contributed by atoms with Gasteiger partial charge in [0.25, 0.3) is 0 Å². The van der Waals surface area contributed by atoms with E-state index in [1.807, 2.05) is 26.0 Å². The van der Waals surface area contributed by atoms with E-state index in [0.717, 1.165) is 12.0 Å². The molecule has 0 spiro atoms. The lowest BCUT2D eigenvalue weighted by Gasteiger charge is -2.20. The maximum absolute atomic E-state index is 14.0. The zero-order chi connectivity index (χ0) is 15.2. The van der Waals surface area contributed by atoms with Crippen molar-refractivity contribution in [3.05, 3.63) is 63.9 Å². The van der Waals surface area contributed by atoms with Crippen LogP contribution >= 0.6 is 11.6 Å². The number of aliphatic hydroxyl groups excluding tert-OH is 1. The van der Waals surface area contributed by atoms with Crippen molar-refractivity contribution in [2.24, 2.45) is 0 Å². The van der Waals surface area contributed by atoms with Gasteiger partial charge in [0.2, 0.25) is 0 Å². The molecule has 21 heavy (non-hydrogen) atoms. The summed E-state index contributed by atoms with van der Waals surface area (Å²) in [5.74, 6) is 0.134. The number of hydrogen-bond acceptors (Lipinski definition) is 2. The lowest BCUT2D eigenvalue weighted by atomic mass is 9.96. The molecule has 0 fully saturated rings. The van der Waals surface area contributed by atoms with Crippen molar-refractivity contribution in [1.29, 1.82) is 0 Å². The molecule has 0 bridgehead atoms. The van der Waals surface area contributed by atoms with E-state index in [2.05, 4.69) is 0 Å². The number of para-hydroxylation sites is 1. The van der Waals surface area contributed by atoms with Crippen LogP contribution in [0.5, 0.6) is 5.75 Å². The number of hydrogen-bond donors (Lipinski definition) is 1. The molecule has 1 aliphatic heterocycles. The highest BCUT2D eigenvalue weighted by atomic mass is 35.5. The fourth-order valence-corrected chi connectivity index (χ4v) is 2.90. The van der Waals surface area contributed by atoms with E-state index in [0.29, 0.717) is 16.3 Å². The summed E-state index contributed by atoms with van der Waals surface area (Å²) in [5.41, 5.74) is 1.50. The molecule has 4 heteroatoms. The molecule has 3 rings (SSSR count). The Balaban J connectivity index is 2.04. The van der Waals surface area contributed by atoms with Gasteiger partial charge in [0.15, 0.2) is 0 Å². The summed E-state index contributed by atoms with van der Waals surface area (Å²) >= 11 is 5.75. The van der Waals surface area contributed by atoms with Crippen LogP contribution in [0.15, 0.2) is 36.4 Å². The Hall–Kier alpha value is -1.58. The second kappa shape index (κ2) is 5.00. The molecule has 110 valence electrons. The average molecular weight is 307 g/mol. The van der Waals surface area contributed by atoms with Crippen LogP contribution in [0.3, 0.4) is 0 Å². The highest BCUT2D eigenvalue weighted by Crippen LogP contribution is 2.41. The summed E-state index contributed by atoms with van der Waals surface area (Å²) < 4.78 is 19.9. The maximum Gasteiger partial charge on any atom is 0.130 e. The van der Waals surface area contributed by atoms with Crippen LogP contribution in [0, 0.1) is 5.82 Å². The summed E-state index contributed by atoms with van der Waals surface area (Å²) in [5, 5.41) is 10.8. The van der Waals surface area contributed by atoms with E-state index in [1.54, 1.807) is 12.1 Å². The van der Waals surface area contributed by atoms with Gasteiger partial charge in [-0.05, 0) is 31.5 Å². The number of ether oxygens (including phenoxy) is 1. The van der Waals surface area contributed by atoms with Crippen molar-refractivity contribution in [3.8, 4) is 5.75 Å². The van der Waals surface area contributed by atoms with Crippen LogP contribution in [-0.2, 0) is 6.42 Å². The zero-order valence-corrected chi connectivity index (χ0v) is 12.6. The van der Waals surface area contributed by atoms with Crippen molar-refractivity contribution >= 4 is 11.6 Å². The van der Waals surface area contributed by atoms with Gasteiger partial charge in [0.1, 0.15) is 23.3 Å². The number of fused-ring (bicyclic) bond motifs is 1. The molecular formula is C17H16ClFO2. The van der Waals surface area contributed by atoms with Crippen LogP contribution in [0.4, 0.5) is 4.39 Å². The molecule has 0 aromatic heterocycles. The van der Waals surface area contributed by atoms with Crippen LogP contribution in [0.25, 0.3) is 0 Å². The molecule has 0 aliphatic carbocycles. The second-order valence-electron chi connectivity index (χ2n) is 5.94. The molecule has 0 amide bonds. The van der Waals surface area contributed by atoms with E-state index >= 15 is 0 Å². The highest BCUT2D eigenvalue weighted by Gasteiger charge is 2.33. The number of benzene rings is 2. The molecule has 1 heterocycles. The third kappa shape index (κ3) is 2.63. The largest absolute Gasteiger partial charge is 0.487 e. The van der Waals surface area contributed by atoms with Gasteiger partial charge in [-0.3, -0.25) is 0 Å². The second-order valence-corrected chi connectivity index (χ2v) is 6.38. The Kier molecular flexibility index (Phi) is 3.42. The molecule has 0 saturated carbocycles. The highest BCUT2D eigenvalue weighted by molar-refractivity contribution is 6.30. The monoisotopic (exact) mass is 306 g/mol. The van der Waals surface area contributed by atoms with Crippen LogP contribution < -0.4 is 4.74 Å². The molecule has 1 atom stereocenters. The van der Waals surface area contributed by atoms with E-state index in [9.17, 15) is 9.50 Å². The first-order chi connectivity index (χ1) is 9.87. The van der Waals surface area contributed by atoms with E-state index in [4.69, 9.17) is 16.3 Å². The Morgan fingerprint density at radius 2 is 2.00 bits per heavy atom. The predicted molar refractivity (Wildman–Crippen MR) is 80.3 cm³/mol. The average Bonchev–Trinajstić information content (AvgIpc) is 2.71. The van der Waals surface area contributed by atoms with Crippen LogP contribution in [0.2, 0.25) is 5.02 Å². The first kappa shape index (κ1) is 14.4. The fraction of sp³-hybridized carbons (Fsp3) is 0.294. The minimum atomic E-state index is -1.08. The van der Waals surface area contributed by atoms with Gasteiger partial charge in [0, 0.05) is 22.6 Å². The normalized spacial score (nSPS) is 17.2. The van der Waals surface area contributed by atoms with Gasteiger partial charge in [-0.15, -0.1) is 0 Å². The van der Waals surface area contributed by atoms with Gasteiger partial charge in [0.05, 0.1) is 0 Å². The first-order valence-corrected chi connectivity index (χ1v) is 7.19. The van der Waals surface area contributed by atoms with Crippen molar-refractivity contribution in [1.82, 2.24) is 0 Å². The van der Waals surface area contributed by atoms with Crippen molar-refractivity contribution in [2.45, 2.75) is 32.0 Å². The SMILES string of the molecule is CC1(C)Cc2cccc(C(O)c3ccc(Cl)cc3F)c2O1. The van der Waals surface area contributed by atoms with E-state index in [1.165, 1.54) is 12.1 Å². The molecule has 2 aromatic carbocycles. The maximum atomic E-state index is 14.0. The molecule has 0 radical (unpaired) electrons. The number of aliphatic hydroxyl groups is 1. The molecule has 2 aromatic rings. The van der Waals surface area contributed by atoms with Gasteiger partial charge >= 0.3 is 0 Å². The number of halogens is 2. The van der Waals surface area contributed by atoms with E-state index < -0.39 is 11.9 Å². The Morgan fingerprint density at radius 1 is 1.24 bits per heavy atom. The third-order valence-electron chi connectivity index (χ3n) is 3.67. The van der Waals surface area contributed by atoms with Crippen molar-refractivity contribution < 1.29 is 14.2 Å². The van der Waals surface area contributed by atoms with Gasteiger partial charge in [-0.1, -0.05) is 35.9 Å². The summed E-state index contributed by atoms with van der Waals surface area (Å²) in [6.45, 7) is 3.98. The molecule has 0 saturated heterocycles. The summed E-state index contributed by atoms with van der Waals surface area (Å²) in [7, 11) is 0. The van der Waals surface area contributed by atoms with E-state index in [-0.39, 0.29) is 11.2 Å². The fourth-order valence-electron chi connectivity index (χ4n) is 2.75. The van der Waals surface area contributed by atoms with Gasteiger partial charge in [-0.25, -0.2) is 4.39 Å². The predicted octanol–water partition coefficient (Wildman–Crippen LogP) is 4.27. The lowest BCUT2D eigenvalue weighted by molar-refractivity contribution is 0.131. The van der Waals surface area contributed by atoms with Crippen molar-refractivity contribution in [2.75, 3.05) is 0 Å². The Bertz CT molecular complexity index is 697. The molecule has 1 aliphatic rings.